The first kappa shape index (κ1) is 16.6. The number of carbonyl (C=O) groups excluding carboxylic acids is 1. The molecular weight excluding hydrogens is 294 g/mol. The fraction of sp³-hybridized carbons (Fsp3) is 0.471. The first-order valence-electron chi connectivity index (χ1n) is 7.82. The first-order valence-corrected chi connectivity index (χ1v) is 8.23. The van der Waals surface area contributed by atoms with Crippen LogP contribution in [0.4, 0.5) is 0 Å². The van der Waals surface area contributed by atoms with Gasteiger partial charge in [-0.3, -0.25) is 9.78 Å². The predicted molar refractivity (Wildman–Crippen MR) is 92.8 cm³/mol. The molecule has 0 saturated heterocycles. The van der Waals surface area contributed by atoms with Gasteiger partial charge < -0.3 is 10.6 Å². The molecule has 1 unspecified atom stereocenters. The van der Waals surface area contributed by atoms with Gasteiger partial charge in [-0.15, -0.1) is 6.58 Å². The van der Waals surface area contributed by atoms with Crippen LogP contribution in [0.5, 0.6) is 0 Å². The van der Waals surface area contributed by atoms with Crippen molar-refractivity contribution in [2.24, 2.45) is 0 Å². The SMILES string of the molecule is C=CCNC(=O)C(C(=S)NC1CCCCC1)c1ccccn1. The lowest BCUT2D eigenvalue weighted by atomic mass is 9.94. The van der Waals surface area contributed by atoms with Gasteiger partial charge in [-0.05, 0) is 25.0 Å². The monoisotopic (exact) mass is 317 g/mol. The van der Waals surface area contributed by atoms with Gasteiger partial charge >= 0.3 is 0 Å². The number of rotatable bonds is 6. The Morgan fingerprint density at radius 1 is 1.41 bits per heavy atom. The average Bonchev–Trinajstić information content (AvgIpc) is 2.55. The number of carbonyl (C=O) groups is 1. The predicted octanol–water partition coefficient (Wildman–Crippen LogP) is 2.72. The molecule has 1 fully saturated rings. The van der Waals surface area contributed by atoms with E-state index in [4.69, 9.17) is 12.2 Å². The van der Waals surface area contributed by atoms with E-state index < -0.39 is 5.92 Å². The van der Waals surface area contributed by atoms with Crippen molar-refractivity contribution in [1.82, 2.24) is 15.6 Å². The summed E-state index contributed by atoms with van der Waals surface area (Å²) in [7, 11) is 0. The summed E-state index contributed by atoms with van der Waals surface area (Å²) in [6, 6.07) is 5.92. The molecule has 2 rings (SSSR count). The third kappa shape index (κ3) is 4.63. The van der Waals surface area contributed by atoms with E-state index in [9.17, 15) is 4.79 Å². The fourth-order valence-corrected chi connectivity index (χ4v) is 3.14. The van der Waals surface area contributed by atoms with E-state index >= 15 is 0 Å². The van der Waals surface area contributed by atoms with E-state index in [1.165, 1.54) is 19.3 Å². The van der Waals surface area contributed by atoms with Crippen LogP contribution in [-0.4, -0.2) is 28.5 Å². The molecule has 0 spiro atoms. The maximum absolute atomic E-state index is 12.5. The second kappa shape index (κ2) is 8.63. The Morgan fingerprint density at radius 2 is 2.18 bits per heavy atom. The number of amides is 1. The molecule has 1 aliphatic carbocycles. The van der Waals surface area contributed by atoms with Crippen LogP contribution in [0.15, 0.2) is 37.1 Å². The van der Waals surface area contributed by atoms with Crippen molar-refractivity contribution in [2.45, 2.75) is 44.1 Å². The number of nitrogens with one attached hydrogen (secondary N) is 2. The fourth-order valence-electron chi connectivity index (χ4n) is 2.74. The molecule has 5 heteroatoms. The highest BCUT2D eigenvalue weighted by molar-refractivity contribution is 7.80. The molecule has 0 aromatic carbocycles. The molecular formula is C17H23N3OS. The van der Waals surface area contributed by atoms with Gasteiger partial charge in [-0.1, -0.05) is 43.6 Å². The van der Waals surface area contributed by atoms with Gasteiger partial charge in [0.15, 0.2) is 0 Å². The van der Waals surface area contributed by atoms with Gasteiger partial charge in [0.1, 0.15) is 5.92 Å². The Kier molecular flexibility index (Phi) is 6.52. The molecule has 1 atom stereocenters. The summed E-state index contributed by atoms with van der Waals surface area (Å²) in [6.07, 6.45) is 9.30. The topological polar surface area (TPSA) is 54.0 Å². The third-order valence-corrected chi connectivity index (χ3v) is 4.23. The molecule has 1 aromatic rings. The van der Waals surface area contributed by atoms with E-state index in [1.54, 1.807) is 12.3 Å². The Morgan fingerprint density at radius 3 is 2.82 bits per heavy atom. The Labute approximate surface area is 137 Å². The number of aromatic nitrogens is 1. The highest BCUT2D eigenvalue weighted by Crippen LogP contribution is 2.20. The maximum Gasteiger partial charge on any atom is 0.236 e. The lowest BCUT2D eigenvalue weighted by Crippen LogP contribution is -2.43. The molecule has 1 heterocycles. The molecule has 1 aliphatic rings. The minimum atomic E-state index is -0.543. The average molecular weight is 317 g/mol. The standard InChI is InChI=1S/C17H23N3OS/c1-2-11-19-16(21)15(14-10-6-7-12-18-14)17(22)20-13-8-4-3-5-9-13/h2,6-7,10,12-13,15H,1,3-5,8-9,11H2,(H,19,21)(H,20,22). The molecule has 0 aliphatic heterocycles. The van der Waals surface area contributed by atoms with Crippen molar-refractivity contribution in [2.75, 3.05) is 6.54 Å². The van der Waals surface area contributed by atoms with Gasteiger partial charge in [-0.2, -0.15) is 0 Å². The van der Waals surface area contributed by atoms with Crippen LogP contribution in [-0.2, 0) is 4.79 Å². The number of nitrogens with zero attached hydrogens (tertiary/aromatic N) is 1. The minimum absolute atomic E-state index is 0.132. The number of thiocarbonyl (C=S) groups is 1. The highest BCUT2D eigenvalue weighted by atomic mass is 32.1. The number of pyridine rings is 1. The van der Waals surface area contributed by atoms with Crippen molar-refractivity contribution >= 4 is 23.1 Å². The Bertz CT molecular complexity index is 512. The lowest BCUT2D eigenvalue weighted by molar-refractivity contribution is -0.121. The van der Waals surface area contributed by atoms with Gasteiger partial charge in [0.25, 0.3) is 0 Å². The molecule has 0 radical (unpaired) electrons. The zero-order chi connectivity index (χ0) is 15.8. The second-order valence-electron chi connectivity index (χ2n) is 5.56. The zero-order valence-corrected chi connectivity index (χ0v) is 13.6. The molecule has 22 heavy (non-hydrogen) atoms. The second-order valence-corrected chi connectivity index (χ2v) is 6.00. The Hall–Kier alpha value is -1.75. The van der Waals surface area contributed by atoms with Gasteiger partial charge in [0.05, 0.1) is 10.7 Å². The van der Waals surface area contributed by atoms with Crippen molar-refractivity contribution in [3.63, 3.8) is 0 Å². The molecule has 1 amide bonds. The molecule has 118 valence electrons. The highest BCUT2D eigenvalue weighted by Gasteiger charge is 2.28. The summed E-state index contributed by atoms with van der Waals surface area (Å²) in [6.45, 7) is 4.05. The third-order valence-electron chi connectivity index (χ3n) is 3.88. The Balaban J connectivity index is 2.10. The quantitative estimate of drug-likeness (QED) is 0.626. The summed E-state index contributed by atoms with van der Waals surface area (Å²) in [5.74, 6) is -0.676. The molecule has 2 N–H and O–H groups in total. The first-order chi connectivity index (χ1) is 10.7. The van der Waals surface area contributed by atoms with E-state index in [0.717, 1.165) is 12.8 Å². The van der Waals surface area contributed by atoms with Crippen LogP contribution in [0.25, 0.3) is 0 Å². The van der Waals surface area contributed by atoms with Crippen molar-refractivity contribution in [3.05, 3.63) is 42.7 Å². The number of hydrogen-bond acceptors (Lipinski definition) is 3. The van der Waals surface area contributed by atoms with Gasteiger partial charge in [0, 0.05) is 18.8 Å². The largest absolute Gasteiger partial charge is 0.376 e. The number of hydrogen-bond donors (Lipinski definition) is 2. The minimum Gasteiger partial charge on any atom is -0.376 e. The molecule has 0 bridgehead atoms. The van der Waals surface area contributed by atoms with Crippen LogP contribution < -0.4 is 10.6 Å². The summed E-state index contributed by atoms with van der Waals surface area (Å²) in [5, 5.41) is 6.20. The normalized spacial score (nSPS) is 16.5. The van der Waals surface area contributed by atoms with Crippen LogP contribution in [0.3, 0.4) is 0 Å². The van der Waals surface area contributed by atoms with Crippen LogP contribution in [0, 0.1) is 0 Å². The van der Waals surface area contributed by atoms with E-state index in [-0.39, 0.29) is 5.91 Å². The van der Waals surface area contributed by atoms with Crippen molar-refractivity contribution in [1.29, 1.82) is 0 Å². The van der Waals surface area contributed by atoms with Gasteiger partial charge in [0.2, 0.25) is 5.91 Å². The van der Waals surface area contributed by atoms with Crippen LogP contribution in [0.2, 0.25) is 0 Å². The molecule has 1 saturated carbocycles. The van der Waals surface area contributed by atoms with Crippen LogP contribution >= 0.6 is 12.2 Å². The molecule has 4 nitrogen and oxygen atoms in total. The van der Waals surface area contributed by atoms with Crippen molar-refractivity contribution < 1.29 is 4.79 Å². The molecule has 1 aromatic heterocycles. The van der Waals surface area contributed by atoms with E-state index in [1.807, 2.05) is 18.2 Å². The van der Waals surface area contributed by atoms with E-state index in [0.29, 0.717) is 23.3 Å². The summed E-state index contributed by atoms with van der Waals surface area (Å²) >= 11 is 5.53. The summed E-state index contributed by atoms with van der Waals surface area (Å²) < 4.78 is 0. The summed E-state index contributed by atoms with van der Waals surface area (Å²) in [5.41, 5.74) is 0.678. The smallest absolute Gasteiger partial charge is 0.236 e. The van der Waals surface area contributed by atoms with Crippen molar-refractivity contribution in [3.8, 4) is 0 Å². The summed E-state index contributed by atoms with van der Waals surface area (Å²) in [4.78, 5) is 17.3. The van der Waals surface area contributed by atoms with Gasteiger partial charge in [-0.25, -0.2) is 0 Å². The maximum atomic E-state index is 12.5. The lowest BCUT2D eigenvalue weighted by Gasteiger charge is -2.27. The zero-order valence-electron chi connectivity index (χ0n) is 12.8. The van der Waals surface area contributed by atoms with Crippen LogP contribution in [0.1, 0.15) is 43.7 Å². The van der Waals surface area contributed by atoms with E-state index in [2.05, 4.69) is 22.2 Å².